The minimum Gasteiger partial charge on any atom is -0.490 e. The molecule has 0 spiro atoms. The predicted octanol–water partition coefficient (Wildman–Crippen LogP) is 1.42. The molecule has 0 bridgehead atoms. The average molecular weight is 266 g/mol. The molecule has 1 aromatic rings. The van der Waals surface area contributed by atoms with E-state index in [0.717, 1.165) is 31.6 Å². The molecule has 19 heavy (non-hydrogen) atoms. The molecule has 1 fully saturated rings. The van der Waals surface area contributed by atoms with E-state index in [1.807, 2.05) is 0 Å². The second-order valence-electron chi connectivity index (χ2n) is 4.84. The fraction of sp³-hybridized carbons (Fsp3) is 0.538. The number of likely N-dealkylation sites (tertiary alicyclic amines) is 1. The molecule has 6 heteroatoms. The maximum absolute atomic E-state index is 10.8. The highest BCUT2D eigenvalue weighted by Gasteiger charge is 2.22. The molecule has 1 aliphatic heterocycles. The average Bonchev–Trinajstić information content (AvgIpc) is 2.86. The number of ether oxygens (including phenoxy) is 1. The topological polar surface area (TPSA) is 75.8 Å². The van der Waals surface area contributed by atoms with E-state index in [9.17, 15) is 10.1 Å². The Morgan fingerprint density at radius 3 is 2.95 bits per heavy atom. The summed E-state index contributed by atoms with van der Waals surface area (Å²) in [6, 6.07) is 4.95. The Bertz CT molecular complexity index is 464. The van der Waals surface area contributed by atoms with Gasteiger partial charge in [0, 0.05) is 25.8 Å². The van der Waals surface area contributed by atoms with Crippen LogP contribution in [0.2, 0.25) is 0 Å². The van der Waals surface area contributed by atoms with Crippen LogP contribution in [0.4, 0.5) is 5.69 Å². The zero-order valence-corrected chi connectivity index (χ0v) is 10.9. The van der Waals surface area contributed by atoms with Gasteiger partial charge in [-0.25, -0.2) is 0 Å². The Labute approximate surface area is 111 Å². The monoisotopic (exact) mass is 266 g/mol. The second kappa shape index (κ2) is 5.99. The maximum Gasteiger partial charge on any atom is 0.310 e. The number of aliphatic hydroxyl groups excluding tert-OH is 1. The van der Waals surface area contributed by atoms with Crippen LogP contribution in [-0.4, -0.2) is 41.7 Å². The molecule has 0 saturated carbocycles. The lowest BCUT2D eigenvalue weighted by Crippen LogP contribution is -2.21. The molecule has 0 aromatic heterocycles. The normalized spacial score (nSPS) is 19.6. The molecule has 1 aromatic carbocycles. The van der Waals surface area contributed by atoms with E-state index in [2.05, 4.69) is 4.90 Å². The van der Waals surface area contributed by atoms with Crippen LogP contribution < -0.4 is 4.74 Å². The van der Waals surface area contributed by atoms with Gasteiger partial charge in [-0.15, -0.1) is 0 Å². The summed E-state index contributed by atoms with van der Waals surface area (Å²) in [5.74, 6) is 0.639. The Morgan fingerprint density at radius 2 is 2.37 bits per heavy atom. The summed E-state index contributed by atoms with van der Waals surface area (Å²) < 4.78 is 5.05. The molecule has 0 radical (unpaired) electrons. The number of hydrogen-bond acceptors (Lipinski definition) is 5. The fourth-order valence-electron chi connectivity index (χ4n) is 2.43. The number of nitro groups is 1. The third-order valence-corrected chi connectivity index (χ3v) is 3.48. The number of benzene rings is 1. The molecule has 1 aliphatic rings. The summed E-state index contributed by atoms with van der Waals surface area (Å²) in [5.41, 5.74) is 0.974. The highest BCUT2D eigenvalue weighted by molar-refractivity contribution is 5.48. The van der Waals surface area contributed by atoms with E-state index in [1.54, 1.807) is 12.1 Å². The van der Waals surface area contributed by atoms with Crippen LogP contribution in [0.15, 0.2) is 18.2 Å². The van der Waals surface area contributed by atoms with Gasteiger partial charge in [-0.2, -0.15) is 0 Å². The third kappa shape index (κ3) is 3.21. The molecule has 2 rings (SSSR count). The van der Waals surface area contributed by atoms with Crippen LogP contribution in [0.3, 0.4) is 0 Å². The first-order valence-corrected chi connectivity index (χ1v) is 6.28. The lowest BCUT2D eigenvalue weighted by Gasteiger charge is -2.16. The van der Waals surface area contributed by atoms with Crippen LogP contribution in [-0.2, 0) is 6.54 Å². The van der Waals surface area contributed by atoms with Gasteiger partial charge in [0.15, 0.2) is 5.75 Å². The van der Waals surface area contributed by atoms with Crippen molar-refractivity contribution in [3.05, 3.63) is 33.9 Å². The molecule has 1 heterocycles. The zero-order chi connectivity index (χ0) is 13.8. The first kappa shape index (κ1) is 13.8. The lowest BCUT2D eigenvalue weighted by molar-refractivity contribution is -0.385. The molecule has 6 nitrogen and oxygen atoms in total. The van der Waals surface area contributed by atoms with Gasteiger partial charge in [-0.05, 0) is 30.5 Å². The predicted molar refractivity (Wildman–Crippen MR) is 70.1 cm³/mol. The van der Waals surface area contributed by atoms with Gasteiger partial charge in [0.1, 0.15) is 0 Å². The van der Waals surface area contributed by atoms with Crippen molar-refractivity contribution in [2.45, 2.75) is 13.0 Å². The second-order valence-corrected chi connectivity index (χ2v) is 4.84. The minimum atomic E-state index is -0.444. The van der Waals surface area contributed by atoms with Crippen LogP contribution in [0.5, 0.6) is 5.75 Å². The number of hydrogen-bond donors (Lipinski definition) is 1. The van der Waals surface area contributed by atoms with Crippen molar-refractivity contribution in [3.8, 4) is 5.75 Å². The van der Waals surface area contributed by atoms with E-state index >= 15 is 0 Å². The largest absolute Gasteiger partial charge is 0.490 e. The van der Waals surface area contributed by atoms with Gasteiger partial charge in [0.25, 0.3) is 0 Å². The van der Waals surface area contributed by atoms with Crippen LogP contribution in [0, 0.1) is 16.0 Å². The van der Waals surface area contributed by atoms with E-state index in [1.165, 1.54) is 13.2 Å². The van der Waals surface area contributed by atoms with Gasteiger partial charge in [0.05, 0.1) is 12.0 Å². The number of methoxy groups -OCH3 is 1. The van der Waals surface area contributed by atoms with Gasteiger partial charge < -0.3 is 9.84 Å². The van der Waals surface area contributed by atoms with Gasteiger partial charge in [-0.3, -0.25) is 15.0 Å². The van der Waals surface area contributed by atoms with E-state index in [4.69, 9.17) is 9.84 Å². The molecular weight excluding hydrogens is 248 g/mol. The summed E-state index contributed by atoms with van der Waals surface area (Å²) >= 11 is 0. The zero-order valence-electron chi connectivity index (χ0n) is 10.9. The highest BCUT2D eigenvalue weighted by atomic mass is 16.6. The van der Waals surface area contributed by atoms with Gasteiger partial charge in [-0.1, -0.05) is 6.07 Å². The molecule has 1 saturated heterocycles. The van der Waals surface area contributed by atoms with Crippen LogP contribution >= 0.6 is 0 Å². The Kier molecular flexibility index (Phi) is 4.34. The number of rotatable bonds is 5. The van der Waals surface area contributed by atoms with Gasteiger partial charge >= 0.3 is 5.69 Å². The van der Waals surface area contributed by atoms with Crippen molar-refractivity contribution in [1.82, 2.24) is 4.90 Å². The molecule has 0 aliphatic carbocycles. The smallest absolute Gasteiger partial charge is 0.310 e. The first-order chi connectivity index (χ1) is 9.13. The number of nitro benzene ring substituents is 1. The summed E-state index contributed by atoms with van der Waals surface area (Å²) in [5, 5.41) is 19.9. The van der Waals surface area contributed by atoms with Crippen molar-refractivity contribution in [3.63, 3.8) is 0 Å². The molecule has 1 atom stereocenters. The Hall–Kier alpha value is -1.66. The molecule has 0 amide bonds. The van der Waals surface area contributed by atoms with Gasteiger partial charge in [0.2, 0.25) is 0 Å². The standard InChI is InChI=1S/C13H18N2O4/c1-19-13-6-10(2-3-12(13)15(17)18)7-14-5-4-11(8-14)9-16/h2-3,6,11,16H,4-5,7-9H2,1H3. The summed E-state index contributed by atoms with van der Waals surface area (Å²) in [4.78, 5) is 12.6. The fourth-order valence-corrected chi connectivity index (χ4v) is 2.43. The summed E-state index contributed by atoms with van der Waals surface area (Å²) in [6.07, 6.45) is 1.00. The molecular formula is C13H18N2O4. The van der Waals surface area contributed by atoms with Crippen molar-refractivity contribution < 1.29 is 14.8 Å². The molecule has 104 valence electrons. The van der Waals surface area contributed by atoms with E-state index < -0.39 is 4.92 Å². The third-order valence-electron chi connectivity index (χ3n) is 3.48. The SMILES string of the molecule is COc1cc(CN2CCC(CO)C2)ccc1[N+](=O)[O-]. The Balaban J connectivity index is 2.07. The quantitative estimate of drug-likeness (QED) is 0.644. The maximum atomic E-state index is 10.8. The van der Waals surface area contributed by atoms with Crippen LogP contribution in [0.25, 0.3) is 0 Å². The van der Waals surface area contributed by atoms with Crippen molar-refractivity contribution >= 4 is 5.69 Å². The lowest BCUT2D eigenvalue weighted by atomic mass is 10.1. The number of nitrogens with zero attached hydrogens (tertiary/aromatic N) is 2. The first-order valence-electron chi connectivity index (χ1n) is 6.28. The van der Waals surface area contributed by atoms with Crippen molar-refractivity contribution in [1.29, 1.82) is 0 Å². The van der Waals surface area contributed by atoms with Crippen LogP contribution in [0.1, 0.15) is 12.0 Å². The van der Waals surface area contributed by atoms with Crippen molar-refractivity contribution in [2.24, 2.45) is 5.92 Å². The molecule has 1 unspecified atom stereocenters. The minimum absolute atomic E-state index is 0.0130. The summed E-state index contributed by atoms with van der Waals surface area (Å²) in [7, 11) is 1.43. The highest BCUT2D eigenvalue weighted by Crippen LogP contribution is 2.28. The Morgan fingerprint density at radius 1 is 1.58 bits per heavy atom. The summed E-state index contributed by atoms with van der Waals surface area (Å²) in [6.45, 7) is 2.77. The van der Waals surface area contributed by atoms with Crippen molar-refractivity contribution in [2.75, 3.05) is 26.8 Å². The number of aliphatic hydroxyl groups is 1. The molecule has 1 N–H and O–H groups in total. The van der Waals surface area contributed by atoms with E-state index in [-0.39, 0.29) is 12.3 Å². The van der Waals surface area contributed by atoms with E-state index in [0.29, 0.717) is 11.7 Å².